The molecule has 1 amide bonds. The van der Waals surface area contributed by atoms with Crippen LogP contribution >= 0.6 is 11.8 Å². The molecule has 0 spiro atoms. The summed E-state index contributed by atoms with van der Waals surface area (Å²) in [6.45, 7) is 11.2. The van der Waals surface area contributed by atoms with Gasteiger partial charge in [-0.3, -0.25) is 4.79 Å². The molecular formula is C24H32FN5OS. The molecule has 2 heterocycles. The second-order valence-corrected chi connectivity index (χ2v) is 9.45. The SMILES string of the molecule is C=C(N)SC1=C(C)CCN(C(=O)Cn2nc(-c3ccc(F)c(C)c3)nc2CCCC)CC1. The van der Waals surface area contributed by atoms with E-state index in [4.69, 9.17) is 5.73 Å². The first kappa shape index (κ1) is 24.0. The number of rotatable bonds is 8. The number of amides is 1. The third-order valence-corrected chi connectivity index (χ3v) is 6.71. The van der Waals surface area contributed by atoms with Crippen molar-refractivity contribution >= 4 is 17.7 Å². The van der Waals surface area contributed by atoms with Crippen molar-refractivity contribution in [3.63, 3.8) is 0 Å². The van der Waals surface area contributed by atoms with E-state index in [1.807, 2.05) is 4.90 Å². The molecule has 0 saturated carbocycles. The van der Waals surface area contributed by atoms with E-state index < -0.39 is 0 Å². The van der Waals surface area contributed by atoms with E-state index in [1.54, 1.807) is 23.7 Å². The molecule has 8 heteroatoms. The van der Waals surface area contributed by atoms with Gasteiger partial charge in [-0.25, -0.2) is 14.1 Å². The summed E-state index contributed by atoms with van der Waals surface area (Å²) in [6, 6.07) is 4.86. The van der Waals surface area contributed by atoms with Gasteiger partial charge in [0.15, 0.2) is 5.82 Å². The lowest BCUT2D eigenvalue weighted by molar-refractivity contribution is -0.132. The summed E-state index contributed by atoms with van der Waals surface area (Å²) in [5.74, 6) is 1.09. The van der Waals surface area contributed by atoms with Crippen LogP contribution in [0.25, 0.3) is 11.4 Å². The molecule has 6 nitrogen and oxygen atoms in total. The van der Waals surface area contributed by atoms with E-state index in [1.165, 1.54) is 28.3 Å². The normalized spacial score (nSPS) is 14.6. The number of benzene rings is 1. The quantitative estimate of drug-likeness (QED) is 0.616. The highest BCUT2D eigenvalue weighted by Crippen LogP contribution is 2.31. The Kier molecular flexibility index (Phi) is 8.12. The molecule has 0 radical (unpaired) electrons. The molecule has 0 atom stereocenters. The minimum atomic E-state index is -0.254. The highest BCUT2D eigenvalue weighted by atomic mass is 32.2. The number of aromatic nitrogens is 3. The fourth-order valence-corrected chi connectivity index (χ4v) is 4.49. The minimum absolute atomic E-state index is 0.0279. The Morgan fingerprint density at radius 1 is 1.28 bits per heavy atom. The zero-order valence-electron chi connectivity index (χ0n) is 19.2. The summed E-state index contributed by atoms with van der Waals surface area (Å²) in [6.07, 6.45) is 4.33. The minimum Gasteiger partial charge on any atom is -0.394 e. The number of hydrogen-bond acceptors (Lipinski definition) is 5. The van der Waals surface area contributed by atoms with Crippen molar-refractivity contribution in [3.8, 4) is 11.4 Å². The molecule has 2 aromatic rings. The molecule has 0 fully saturated rings. The molecule has 1 aromatic carbocycles. The molecule has 0 saturated heterocycles. The maximum Gasteiger partial charge on any atom is 0.244 e. The molecule has 0 aliphatic carbocycles. The lowest BCUT2D eigenvalue weighted by atomic mass is 10.1. The molecule has 172 valence electrons. The van der Waals surface area contributed by atoms with E-state index >= 15 is 0 Å². The van der Waals surface area contributed by atoms with Crippen LogP contribution in [0, 0.1) is 12.7 Å². The first-order valence-electron chi connectivity index (χ1n) is 11.1. The maximum absolute atomic E-state index is 13.7. The number of thioether (sulfide) groups is 1. The molecule has 0 unspecified atom stereocenters. The van der Waals surface area contributed by atoms with Crippen molar-refractivity contribution in [3.05, 3.63) is 57.5 Å². The van der Waals surface area contributed by atoms with Crippen LogP contribution in [0.3, 0.4) is 0 Å². The second kappa shape index (κ2) is 10.8. The highest BCUT2D eigenvalue weighted by Gasteiger charge is 2.22. The Balaban J connectivity index is 1.76. The zero-order chi connectivity index (χ0) is 23.3. The number of nitrogens with two attached hydrogens (primary N) is 1. The fourth-order valence-electron chi connectivity index (χ4n) is 3.70. The lowest BCUT2D eigenvalue weighted by Gasteiger charge is -2.21. The average Bonchev–Trinajstić information content (AvgIpc) is 3.05. The zero-order valence-corrected chi connectivity index (χ0v) is 20.0. The molecule has 2 N–H and O–H groups in total. The molecule has 0 bridgehead atoms. The van der Waals surface area contributed by atoms with Gasteiger partial charge in [-0.2, -0.15) is 5.10 Å². The second-order valence-electron chi connectivity index (χ2n) is 8.23. The number of hydrogen-bond donors (Lipinski definition) is 1. The standard InChI is InChI=1S/C24H32FN5OS/c1-5-6-7-22-27-24(19-8-9-20(25)17(3)14-19)28-30(22)15-23(31)29-12-10-16(2)21(11-13-29)32-18(4)26/h8-9,14H,4-7,10-13,15,26H2,1-3H3. The molecule has 1 aliphatic rings. The van der Waals surface area contributed by atoms with Gasteiger partial charge < -0.3 is 10.6 Å². The first-order chi connectivity index (χ1) is 15.3. The molecule has 1 aromatic heterocycles. The van der Waals surface area contributed by atoms with E-state index in [0.29, 0.717) is 29.5 Å². The Hall–Kier alpha value is -2.61. The smallest absolute Gasteiger partial charge is 0.244 e. The topological polar surface area (TPSA) is 77.0 Å². The first-order valence-corrected chi connectivity index (χ1v) is 11.9. The summed E-state index contributed by atoms with van der Waals surface area (Å²) >= 11 is 1.50. The summed E-state index contributed by atoms with van der Waals surface area (Å²) < 4.78 is 15.4. The monoisotopic (exact) mass is 457 g/mol. The molecule has 3 rings (SSSR count). The van der Waals surface area contributed by atoms with Gasteiger partial charge in [0.05, 0.1) is 5.03 Å². The van der Waals surface area contributed by atoms with Crippen LogP contribution in [0.1, 0.15) is 50.9 Å². The van der Waals surface area contributed by atoms with Gasteiger partial charge in [-0.15, -0.1) is 0 Å². The number of carbonyl (C=O) groups excluding carboxylic acids is 1. The van der Waals surface area contributed by atoms with Crippen LogP contribution in [0.5, 0.6) is 0 Å². The highest BCUT2D eigenvalue weighted by molar-refractivity contribution is 8.06. The van der Waals surface area contributed by atoms with Gasteiger partial charge in [-0.05, 0) is 61.8 Å². The van der Waals surface area contributed by atoms with Crippen LogP contribution in [-0.2, 0) is 17.8 Å². The molecule has 1 aliphatic heterocycles. The van der Waals surface area contributed by atoms with Crippen molar-refractivity contribution < 1.29 is 9.18 Å². The maximum atomic E-state index is 13.7. The van der Waals surface area contributed by atoms with Crippen molar-refractivity contribution in [1.29, 1.82) is 0 Å². The predicted octanol–water partition coefficient (Wildman–Crippen LogP) is 4.79. The van der Waals surface area contributed by atoms with E-state index in [2.05, 4.69) is 30.5 Å². The number of halogens is 1. The molecule has 32 heavy (non-hydrogen) atoms. The van der Waals surface area contributed by atoms with Crippen molar-refractivity contribution in [2.45, 2.75) is 59.4 Å². The largest absolute Gasteiger partial charge is 0.394 e. The fraction of sp³-hybridized carbons (Fsp3) is 0.458. The van der Waals surface area contributed by atoms with Crippen LogP contribution in [0.2, 0.25) is 0 Å². The Labute approximate surface area is 193 Å². The number of aryl methyl sites for hydroxylation is 2. The van der Waals surface area contributed by atoms with Gasteiger partial charge >= 0.3 is 0 Å². The summed E-state index contributed by atoms with van der Waals surface area (Å²) in [5.41, 5.74) is 8.33. The van der Waals surface area contributed by atoms with Gasteiger partial charge in [0, 0.05) is 25.1 Å². The molecular weight excluding hydrogens is 425 g/mol. The lowest BCUT2D eigenvalue weighted by Crippen LogP contribution is -2.35. The van der Waals surface area contributed by atoms with Gasteiger partial charge in [-0.1, -0.05) is 37.3 Å². The number of nitrogens with zero attached hydrogens (tertiary/aromatic N) is 4. The summed E-state index contributed by atoms with van der Waals surface area (Å²) in [7, 11) is 0. The third-order valence-electron chi connectivity index (χ3n) is 5.65. The number of unbranched alkanes of at least 4 members (excludes halogenated alkanes) is 1. The average molecular weight is 458 g/mol. The van der Waals surface area contributed by atoms with Crippen molar-refractivity contribution in [2.75, 3.05) is 13.1 Å². The Bertz CT molecular complexity index is 1030. The van der Waals surface area contributed by atoms with Crippen LogP contribution in [0.15, 0.2) is 40.3 Å². The van der Waals surface area contributed by atoms with Gasteiger partial charge in [0.25, 0.3) is 0 Å². The van der Waals surface area contributed by atoms with Crippen LogP contribution < -0.4 is 5.73 Å². The van der Waals surface area contributed by atoms with E-state index in [-0.39, 0.29) is 18.3 Å². The third kappa shape index (κ3) is 6.00. The Morgan fingerprint density at radius 3 is 2.72 bits per heavy atom. The van der Waals surface area contributed by atoms with Gasteiger partial charge in [0.2, 0.25) is 5.91 Å². The predicted molar refractivity (Wildman–Crippen MR) is 128 cm³/mol. The summed E-state index contributed by atoms with van der Waals surface area (Å²) in [4.78, 5) is 20.9. The Morgan fingerprint density at radius 2 is 2.03 bits per heavy atom. The number of carbonyl (C=O) groups is 1. The van der Waals surface area contributed by atoms with Crippen molar-refractivity contribution in [1.82, 2.24) is 19.7 Å². The van der Waals surface area contributed by atoms with Gasteiger partial charge in [0.1, 0.15) is 18.2 Å². The summed E-state index contributed by atoms with van der Waals surface area (Å²) in [5, 5.41) is 5.20. The van der Waals surface area contributed by atoms with Crippen LogP contribution in [0.4, 0.5) is 4.39 Å². The van der Waals surface area contributed by atoms with E-state index in [9.17, 15) is 9.18 Å². The van der Waals surface area contributed by atoms with Crippen molar-refractivity contribution in [2.24, 2.45) is 5.73 Å². The van der Waals surface area contributed by atoms with Crippen LogP contribution in [-0.4, -0.2) is 38.7 Å². The van der Waals surface area contributed by atoms with E-state index in [0.717, 1.165) is 43.5 Å².